The van der Waals surface area contributed by atoms with E-state index in [-0.39, 0.29) is 0 Å². The van der Waals surface area contributed by atoms with Crippen molar-refractivity contribution >= 4 is 34.1 Å². The minimum Gasteiger partial charge on any atom is -0.310 e. The number of hydrogen-bond acceptors (Lipinski definition) is 2. The molecule has 0 amide bonds. The Kier molecular flexibility index (Phi) is 30.8. The van der Waals surface area contributed by atoms with Crippen LogP contribution in [-0.4, -0.2) is 0 Å². The summed E-state index contributed by atoms with van der Waals surface area (Å²) in [5.74, 6) is 0. The predicted molar refractivity (Wildman–Crippen MR) is 605 cm³/mol. The third kappa shape index (κ3) is 23.1. The van der Waals surface area contributed by atoms with Crippen LogP contribution in [0.5, 0.6) is 0 Å². The number of rotatable bonds is 31. The van der Waals surface area contributed by atoms with Crippen molar-refractivity contribution in [2.24, 2.45) is 0 Å². The first-order valence-corrected chi connectivity index (χ1v) is 51.9. The third-order valence-electron chi connectivity index (χ3n) is 28.9. The molecule has 0 radical (unpaired) electrons. The van der Waals surface area contributed by atoms with Crippen LogP contribution in [0.2, 0.25) is 0 Å². The summed E-state index contributed by atoms with van der Waals surface area (Å²) in [4.78, 5) is 4.88. The largest absolute Gasteiger partial charge is 0.310 e. The Morgan fingerprint density at radius 3 is 0.657 bits per heavy atom. The second-order valence-corrected chi connectivity index (χ2v) is 39.7. The van der Waals surface area contributed by atoms with E-state index in [0.29, 0.717) is 0 Å². The van der Waals surface area contributed by atoms with Gasteiger partial charge in [0, 0.05) is 34.1 Å². The molecule has 0 heterocycles. The van der Waals surface area contributed by atoms with Gasteiger partial charge in [-0.15, -0.1) is 0 Å². The van der Waals surface area contributed by atoms with Gasteiger partial charge in [-0.1, -0.05) is 398 Å². The smallest absolute Gasteiger partial charge is 0.0464 e. The van der Waals surface area contributed by atoms with Crippen molar-refractivity contribution in [3.8, 4) is 122 Å². The van der Waals surface area contributed by atoms with Gasteiger partial charge in [0.2, 0.25) is 0 Å². The van der Waals surface area contributed by atoms with E-state index in [1.165, 1.54) is 276 Å². The van der Waals surface area contributed by atoms with E-state index < -0.39 is 0 Å². The molecule has 20 rings (SSSR count). The fourth-order valence-corrected chi connectivity index (χ4v) is 20.4. The van der Waals surface area contributed by atoms with Gasteiger partial charge in [-0.05, 0) is 400 Å². The lowest BCUT2D eigenvalue weighted by Gasteiger charge is -2.28. The molecule has 0 spiro atoms. The summed E-state index contributed by atoms with van der Waals surface area (Å²) in [6, 6.07) is 146. The zero-order chi connectivity index (χ0) is 96.5. The molecule has 0 aliphatic heterocycles. The van der Waals surface area contributed by atoms with Gasteiger partial charge in [0.15, 0.2) is 0 Å². The van der Waals surface area contributed by atoms with Crippen LogP contribution in [0.1, 0.15) is 181 Å². The highest BCUT2D eigenvalue weighted by atomic mass is 15.1. The van der Waals surface area contributed by atoms with Gasteiger partial charge in [0.05, 0.1) is 0 Å². The Bertz CT molecular complexity index is 6740. The average Bonchev–Trinajstić information content (AvgIpc) is 0.767. The first kappa shape index (κ1) is 95.9. The van der Waals surface area contributed by atoms with Gasteiger partial charge >= 0.3 is 0 Å². The van der Waals surface area contributed by atoms with Crippen molar-refractivity contribution in [2.75, 3.05) is 9.80 Å². The molecule has 18 aromatic rings. The van der Waals surface area contributed by atoms with Crippen molar-refractivity contribution in [1.29, 1.82) is 0 Å². The number of anilines is 6. The molecular formula is C138H136N2. The molecule has 0 N–H and O–H groups in total. The summed E-state index contributed by atoms with van der Waals surface area (Å²) in [5, 5.41) is 0. The van der Waals surface area contributed by atoms with E-state index in [9.17, 15) is 0 Å². The van der Waals surface area contributed by atoms with E-state index >= 15 is 0 Å². The van der Waals surface area contributed by atoms with Gasteiger partial charge in [0.1, 0.15) is 0 Å². The third-order valence-corrected chi connectivity index (χ3v) is 28.9. The van der Waals surface area contributed by atoms with Gasteiger partial charge < -0.3 is 9.80 Å². The molecule has 0 fully saturated rings. The molecule has 0 saturated carbocycles. The standard InChI is InChI=1S/C88H92N2.C27H24.C23H20/c1-9-13-15-17-21-77-61-88(86-58-56-84(60-66(86)8)90(80-49-41-74(42-50-80)70-33-25-64(6)26-34-70)82-53-45-76(46-54-82)72-37-29-68(20-12-4)30-38-72)78(22-18-16-14-10-2)62-87(77)85-57-55-83(59-65(85)7)89(79-47-39-73(40-48-79)69-31-23-63(5)24-32-69)81-51-43-75(44-52-81)71-35-27-67(19-11-3)28-36-71;1-19-4-10-22(11-5-19)25-16-26(23-12-6-20(2)7-13-23)18-27(17-25)24-14-8-21(3)9-15-24;1-15-10-22(20-8-4-16-2-6-18(16)12-20)14-23(11-15)21-9-5-17-3-7-19(17)13-21/h23-62H,9-22H2,1-8H3;4-18H,1-3H3;4-5,8-14H,2-3,6-7H2,1H3. The zero-order valence-electron chi connectivity index (χ0n) is 84.6. The highest BCUT2D eigenvalue weighted by Gasteiger charge is 2.24. The van der Waals surface area contributed by atoms with Crippen molar-refractivity contribution in [3.05, 3.63) is 477 Å². The van der Waals surface area contributed by atoms with Crippen molar-refractivity contribution in [1.82, 2.24) is 0 Å². The topological polar surface area (TPSA) is 6.48 Å². The van der Waals surface area contributed by atoms with E-state index in [2.05, 4.69) is 481 Å². The van der Waals surface area contributed by atoms with Crippen molar-refractivity contribution < 1.29 is 0 Å². The lowest BCUT2D eigenvalue weighted by Crippen LogP contribution is -2.10. The lowest BCUT2D eigenvalue weighted by atomic mass is 9.84. The number of benzene rings is 18. The summed E-state index contributed by atoms with van der Waals surface area (Å²) in [6.45, 7) is 26.7. The Labute approximate surface area is 836 Å². The maximum absolute atomic E-state index is 2.61. The molecule has 0 saturated heterocycles. The number of nitrogens with zero attached hydrogens (tertiary/aromatic N) is 2. The number of hydrogen-bond donors (Lipinski definition) is 0. The monoisotopic (exact) mass is 1820 g/mol. The molecule has 2 heteroatoms. The van der Waals surface area contributed by atoms with Gasteiger partial charge in [-0.25, -0.2) is 0 Å². The highest BCUT2D eigenvalue weighted by molar-refractivity contribution is 5.89. The first-order valence-electron chi connectivity index (χ1n) is 51.9. The Morgan fingerprint density at radius 1 is 0.164 bits per heavy atom. The maximum Gasteiger partial charge on any atom is 0.0464 e. The molecular weight excluding hydrogens is 1690 g/mol. The average molecular weight is 1820 g/mol. The van der Waals surface area contributed by atoms with Crippen LogP contribution in [0.15, 0.2) is 388 Å². The fourth-order valence-electron chi connectivity index (χ4n) is 20.4. The molecule has 0 atom stereocenters. The summed E-state index contributed by atoms with van der Waals surface area (Å²) >= 11 is 0. The van der Waals surface area contributed by atoms with Gasteiger partial charge in [0.25, 0.3) is 0 Å². The molecule has 140 heavy (non-hydrogen) atoms. The van der Waals surface area contributed by atoms with Gasteiger partial charge in [-0.2, -0.15) is 0 Å². The molecule has 0 unspecified atom stereocenters. The first-order chi connectivity index (χ1) is 68.4. The summed E-state index contributed by atoms with van der Waals surface area (Å²) < 4.78 is 0. The zero-order valence-corrected chi connectivity index (χ0v) is 84.6. The number of unbranched alkanes of at least 4 members (excludes halogenated alkanes) is 6. The molecule has 2 nitrogen and oxygen atoms in total. The van der Waals surface area contributed by atoms with Crippen LogP contribution >= 0.6 is 0 Å². The van der Waals surface area contributed by atoms with Crippen molar-refractivity contribution in [3.63, 3.8) is 0 Å². The Balaban J connectivity index is 0.000000206. The van der Waals surface area contributed by atoms with Crippen LogP contribution in [0, 0.1) is 55.4 Å². The summed E-state index contributed by atoms with van der Waals surface area (Å²) in [6.07, 6.45) is 21.3. The lowest BCUT2D eigenvalue weighted by molar-refractivity contribution is 0.664. The Hall–Kier alpha value is -14.4. The highest BCUT2D eigenvalue weighted by Crippen LogP contribution is 2.46. The molecule has 0 bridgehead atoms. The number of fused-ring (bicyclic) bond motifs is 2. The molecule has 698 valence electrons. The number of aryl methyl sites for hydroxylation is 16. The normalized spacial score (nSPS) is 11.7. The SMILES string of the molecule is CCCCCCc1cc(-c2ccc(N(c3ccc(-c4ccc(C)cc4)cc3)c3ccc(-c4ccc(CCC)cc4)cc3)cc2C)c(CCCCCC)cc1-c1ccc(N(c2ccc(-c3ccc(C)cc3)cc2)c2ccc(-c3ccc(CCC)cc3)cc2)cc1C.Cc1cc(-c2ccc3c(c2)CC3)cc(-c2ccc3c(c2)CC3)c1.Cc1ccc(-c2cc(-c3ccc(C)cc3)cc(-c3ccc(C)cc3)c2)cc1. The predicted octanol–water partition coefficient (Wildman–Crippen LogP) is 39.2. The quantitative estimate of drug-likeness (QED) is 0.0400. The summed E-state index contributed by atoms with van der Waals surface area (Å²) in [5.41, 5.74) is 57.0. The second kappa shape index (κ2) is 45.0. The van der Waals surface area contributed by atoms with E-state index in [1.807, 2.05) is 0 Å². The van der Waals surface area contributed by atoms with Crippen LogP contribution < -0.4 is 9.80 Å². The minimum absolute atomic E-state index is 1.04. The van der Waals surface area contributed by atoms with E-state index in [0.717, 1.165) is 85.5 Å². The Morgan fingerprint density at radius 2 is 0.407 bits per heavy atom. The van der Waals surface area contributed by atoms with Crippen LogP contribution in [0.25, 0.3) is 122 Å². The summed E-state index contributed by atoms with van der Waals surface area (Å²) in [7, 11) is 0. The van der Waals surface area contributed by atoms with Crippen LogP contribution in [-0.2, 0) is 51.4 Å². The van der Waals surface area contributed by atoms with Gasteiger partial charge in [-0.3, -0.25) is 0 Å². The van der Waals surface area contributed by atoms with Crippen molar-refractivity contribution in [2.45, 2.75) is 199 Å². The fraction of sp³-hybridized carbons (Fsp3) is 0.217. The molecule has 2 aliphatic rings. The maximum atomic E-state index is 2.61. The minimum atomic E-state index is 1.04. The van der Waals surface area contributed by atoms with Crippen LogP contribution in [0.3, 0.4) is 0 Å². The molecule has 2 aliphatic carbocycles. The van der Waals surface area contributed by atoms with E-state index in [4.69, 9.17) is 0 Å². The van der Waals surface area contributed by atoms with Crippen LogP contribution in [0.4, 0.5) is 34.1 Å². The molecule has 0 aromatic heterocycles. The second-order valence-electron chi connectivity index (χ2n) is 39.7. The van der Waals surface area contributed by atoms with E-state index in [1.54, 1.807) is 0 Å². The molecule has 18 aromatic carbocycles.